The number of aliphatic carboxylic acids is 1. The maximum atomic E-state index is 13.8. The zero-order valence-electron chi connectivity index (χ0n) is 35.5. The number of rotatable bonds is 24. The highest BCUT2D eigenvalue weighted by atomic mass is 16.4. The molecule has 20 heteroatoms. The van der Waals surface area contributed by atoms with Gasteiger partial charge in [-0.15, -0.1) is 0 Å². The van der Waals surface area contributed by atoms with Gasteiger partial charge in [0.05, 0.1) is 13.1 Å². The van der Waals surface area contributed by atoms with Crippen LogP contribution in [0, 0.1) is 17.8 Å². The first-order chi connectivity index (χ1) is 28.1. The number of nitrogens with one attached hydrogen (secondary N) is 9. The molecule has 0 fully saturated rings. The van der Waals surface area contributed by atoms with E-state index in [0.717, 1.165) is 10.9 Å². The third kappa shape index (κ3) is 16.7. The van der Waals surface area contributed by atoms with Gasteiger partial charge in [-0.1, -0.05) is 59.7 Å². The van der Waals surface area contributed by atoms with E-state index in [4.69, 9.17) is 10.8 Å². The van der Waals surface area contributed by atoms with Crippen LogP contribution in [0.4, 0.5) is 0 Å². The van der Waals surface area contributed by atoms with E-state index in [1.165, 1.54) is 13.8 Å². The molecule has 2 aromatic rings. The Morgan fingerprint density at radius 2 is 1.15 bits per heavy atom. The number of carbonyl (C=O) groups excluding carboxylic acids is 8. The van der Waals surface area contributed by atoms with Crippen molar-refractivity contribution in [3.63, 3.8) is 0 Å². The lowest BCUT2D eigenvalue weighted by atomic mass is 10.00. The van der Waals surface area contributed by atoms with E-state index >= 15 is 0 Å². The summed E-state index contributed by atoms with van der Waals surface area (Å²) in [5.74, 6) is -7.26. The highest BCUT2D eigenvalue weighted by Crippen LogP contribution is 2.19. The summed E-state index contributed by atoms with van der Waals surface area (Å²) in [6.07, 6.45) is 2.19. The van der Waals surface area contributed by atoms with Crippen molar-refractivity contribution < 1.29 is 48.3 Å². The summed E-state index contributed by atoms with van der Waals surface area (Å²) in [5.41, 5.74) is 6.86. The quantitative estimate of drug-likeness (QED) is 0.0589. The molecule has 0 aliphatic heterocycles. The first-order valence-corrected chi connectivity index (χ1v) is 20.0. The van der Waals surface area contributed by atoms with Crippen LogP contribution in [0.2, 0.25) is 0 Å². The van der Waals surface area contributed by atoms with Gasteiger partial charge in [-0.25, -0.2) is 0 Å². The summed E-state index contributed by atoms with van der Waals surface area (Å²) >= 11 is 0. The third-order valence-electron chi connectivity index (χ3n) is 9.22. The topological polar surface area (TPSA) is 312 Å². The lowest BCUT2D eigenvalue weighted by Gasteiger charge is -2.27. The Morgan fingerprint density at radius 3 is 1.73 bits per heavy atom. The second-order valence-electron chi connectivity index (χ2n) is 15.8. The van der Waals surface area contributed by atoms with Gasteiger partial charge in [0, 0.05) is 23.5 Å². The number of aromatic nitrogens is 1. The maximum absolute atomic E-state index is 13.8. The lowest BCUT2D eigenvalue weighted by molar-refractivity contribution is -0.138. The van der Waals surface area contributed by atoms with E-state index < -0.39 is 108 Å². The van der Waals surface area contributed by atoms with Gasteiger partial charge in [0.2, 0.25) is 47.3 Å². The number of amides is 8. The van der Waals surface area contributed by atoms with Gasteiger partial charge < -0.3 is 58.4 Å². The Kier molecular flexibility index (Phi) is 20.1. The molecule has 1 aromatic carbocycles. The molecule has 1 heterocycles. The lowest BCUT2D eigenvalue weighted by Crippen LogP contribution is -2.59. The Balaban J connectivity index is 2.12. The van der Waals surface area contributed by atoms with Gasteiger partial charge in [0.15, 0.2) is 0 Å². The monoisotopic (exact) mass is 842 g/mol. The van der Waals surface area contributed by atoms with Crippen molar-refractivity contribution >= 4 is 64.1 Å². The first-order valence-electron chi connectivity index (χ1n) is 20.0. The fourth-order valence-electron chi connectivity index (χ4n) is 6.08. The number of hydrogen-bond acceptors (Lipinski definition) is 10. The molecule has 20 nitrogen and oxygen atoms in total. The zero-order chi connectivity index (χ0) is 45.3. The van der Waals surface area contributed by atoms with E-state index in [-0.39, 0.29) is 31.2 Å². The van der Waals surface area contributed by atoms with E-state index in [0.29, 0.717) is 12.0 Å². The van der Waals surface area contributed by atoms with Gasteiger partial charge in [0.25, 0.3) is 0 Å². The second-order valence-corrected chi connectivity index (χ2v) is 15.8. The standard InChI is InChI=1S/C40H62N10O10/c1-20(2)13-28(48-39(59)29(14-21(3)4)47-31(51)16-41)37(57)43-18-32(52)45-24(8)36(56)50-34(22(5)6)40(60)49-30(15-25-17-42-27-12-10-9-11-26(25)27)38(58)46-23(7)35(55)44-19-33(53)54/h9-12,17,20-24,28-30,34,42H,13-16,18-19,41H2,1-8H3,(H,43,57)(H,44,55)(H,45,52)(H,46,58)(H,47,51)(H,48,59)(H,49,60)(H,50,56)(H,53,54)/t23-,24-,28-,29-,30-,34-/m0/s1. The largest absolute Gasteiger partial charge is 0.480 e. The highest BCUT2D eigenvalue weighted by Gasteiger charge is 2.33. The molecule has 12 N–H and O–H groups in total. The Hall–Kier alpha value is -6.05. The summed E-state index contributed by atoms with van der Waals surface area (Å²) in [7, 11) is 0. The molecule has 0 aliphatic carbocycles. The van der Waals surface area contributed by atoms with Crippen molar-refractivity contribution in [2.45, 2.75) is 111 Å². The van der Waals surface area contributed by atoms with E-state index in [9.17, 15) is 43.2 Å². The van der Waals surface area contributed by atoms with Gasteiger partial charge in [-0.3, -0.25) is 43.2 Å². The number of hydrogen-bond donors (Lipinski definition) is 11. The number of H-pyrrole nitrogens is 1. The summed E-state index contributed by atoms with van der Waals surface area (Å²) < 4.78 is 0. The molecule has 0 unspecified atom stereocenters. The smallest absolute Gasteiger partial charge is 0.322 e. The highest BCUT2D eigenvalue weighted by molar-refractivity contribution is 5.97. The third-order valence-corrected chi connectivity index (χ3v) is 9.22. The fourth-order valence-corrected chi connectivity index (χ4v) is 6.08. The summed E-state index contributed by atoms with van der Waals surface area (Å²) in [4.78, 5) is 118. The molecule has 8 amide bonds. The van der Waals surface area contributed by atoms with Crippen molar-refractivity contribution in [1.29, 1.82) is 0 Å². The molecule has 0 bridgehead atoms. The van der Waals surface area contributed by atoms with Crippen LogP contribution >= 0.6 is 0 Å². The van der Waals surface area contributed by atoms with Crippen LogP contribution in [0.5, 0.6) is 0 Å². The van der Waals surface area contributed by atoms with Crippen molar-refractivity contribution in [1.82, 2.24) is 47.5 Å². The molecule has 60 heavy (non-hydrogen) atoms. The summed E-state index contributed by atoms with van der Waals surface area (Å²) in [6, 6.07) is 0.534. The zero-order valence-corrected chi connectivity index (χ0v) is 35.5. The van der Waals surface area contributed by atoms with Crippen LogP contribution < -0.4 is 48.3 Å². The summed E-state index contributed by atoms with van der Waals surface area (Å²) in [5, 5.41) is 29.9. The molecule has 0 aliphatic rings. The number of carboxylic acid groups (broad SMARTS) is 1. The molecular weight excluding hydrogens is 780 g/mol. The van der Waals surface area contributed by atoms with Crippen LogP contribution in [0.3, 0.4) is 0 Å². The van der Waals surface area contributed by atoms with Crippen molar-refractivity contribution in [2.24, 2.45) is 23.5 Å². The average molecular weight is 843 g/mol. The van der Waals surface area contributed by atoms with Crippen molar-refractivity contribution in [3.8, 4) is 0 Å². The Bertz CT molecular complexity index is 1850. The number of nitrogens with two attached hydrogens (primary N) is 1. The number of para-hydroxylation sites is 1. The number of carbonyl (C=O) groups is 9. The SMILES string of the molecule is CC(C)C[C@H](NC(=O)CN)C(=O)N[C@@H](CC(C)C)C(=O)NCC(=O)N[C@@H](C)C(=O)N[C@H](C(=O)N[C@@H](Cc1c[nH]c2ccccc12)C(=O)N[C@@H](C)C(=O)NCC(=O)O)C(C)C. The molecule has 0 radical (unpaired) electrons. The minimum Gasteiger partial charge on any atom is -0.480 e. The molecule has 1 aromatic heterocycles. The van der Waals surface area contributed by atoms with Crippen LogP contribution in [-0.4, -0.2) is 119 Å². The molecular formula is C40H62N10O10. The maximum Gasteiger partial charge on any atom is 0.322 e. The first kappa shape index (κ1) is 50.1. The Labute approximate surface area is 349 Å². The molecule has 0 saturated carbocycles. The molecule has 0 saturated heterocycles. The summed E-state index contributed by atoms with van der Waals surface area (Å²) in [6.45, 7) is 12.0. The van der Waals surface area contributed by atoms with Crippen LogP contribution in [0.25, 0.3) is 10.9 Å². The predicted molar refractivity (Wildman–Crippen MR) is 221 cm³/mol. The predicted octanol–water partition coefficient (Wildman–Crippen LogP) is -1.32. The number of aromatic amines is 1. The average Bonchev–Trinajstić information content (AvgIpc) is 3.58. The van der Waals surface area contributed by atoms with Gasteiger partial charge in [0.1, 0.15) is 42.8 Å². The van der Waals surface area contributed by atoms with E-state index in [2.05, 4.69) is 47.5 Å². The molecule has 6 atom stereocenters. The number of fused-ring (bicyclic) bond motifs is 1. The fraction of sp³-hybridized carbons (Fsp3) is 0.575. The molecule has 0 spiro atoms. The number of benzene rings is 1. The van der Waals surface area contributed by atoms with Crippen LogP contribution in [-0.2, 0) is 49.6 Å². The van der Waals surface area contributed by atoms with Gasteiger partial charge in [-0.2, -0.15) is 0 Å². The van der Waals surface area contributed by atoms with Gasteiger partial charge in [-0.05, 0) is 56.1 Å². The van der Waals surface area contributed by atoms with Crippen LogP contribution in [0.1, 0.15) is 73.8 Å². The molecule has 2 rings (SSSR count). The number of carboxylic acids is 1. The molecule has 332 valence electrons. The van der Waals surface area contributed by atoms with Gasteiger partial charge >= 0.3 is 5.97 Å². The van der Waals surface area contributed by atoms with Crippen LogP contribution in [0.15, 0.2) is 30.5 Å². The van der Waals surface area contributed by atoms with Crippen molar-refractivity contribution in [2.75, 3.05) is 19.6 Å². The minimum atomic E-state index is -1.27. The Morgan fingerprint density at radius 1 is 0.600 bits per heavy atom. The van der Waals surface area contributed by atoms with Crippen molar-refractivity contribution in [3.05, 3.63) is 36.0 Å². The normalized spacial score (nSPS) is 14.2. The van der Waals surface area contributed by atoms with E-state index in [1.54, 1.807) is 20.0 Å². The second kappa shape index (κ2) is 24.1. The minimum absolute atomic E-state index is 0.0208. The van der Waals surface area contributed by atoms with E-state index in [1.807, 2.05) is 52.0 Å².